The quantitative estimate of drug-likeness (QED) is 0.287. The Labute approximate surface area is 84.8 Å². The van der Waals surface area contributed by atoms with Crippen LogP contribution in [-0.2, 0) is 14.5 Å². The van der Waals surface area contributed by atoms with Gasteiger partial charge in [0.25, 0.3) is 0 Å². The molecule has 4 heteroatoms. The molecule has 0 aromatic heterocycles. The van der Waals surface area contributed by atoms with Crippen molar-refractivity contribution in [2.75, 3.05) is 6.61 Å². The third-order valence-corrected chi connectivity index (χ3v) is 1.43. The van der Waals surface area contributed by atoms with Crippen LogP contribution in [0.2, 0.25) is 0 Å². The second-order valence-electron chi connectivity index (χ2n) is 2.99. The van der Waals surface area contributed by atoms with E-state index in [0.717, 1.165) is 24.8 Å². The third kappa shape index (κ3) is 7.46. The van der Waals surface area contributed by atoms with Crippen molar-refractivity contribution < 1.29 is 19.3 Å². The highest BCUT2D eigenvalue weighted by molar-refractivity contribution is 5.58. The van der Waals surface area contributed by atoms with Crippen LogP contribution in [0.1, 0.15) is 40.0 Å². The molecule has 0 fully saturated rings. The summed E-state index contributed by atoms with van der Waals surface area (Å²) in [5.41, 5.74) is 1.02. The maximum Gasteiger partial charge on any atom is 0.549 e. The molecule has 0 heterocycles. The Balaban J connectivity index is 3.52. The van der Waals surface area contributed by atoms with Crippen molar-refractivity contribution in [3.05, 3.63) is 11.8 Å². The molecule has 0 unspecified atom stereocenters. The molecular formula is C10H18O4. The van der Waals surface area contributed by atoms with Gasteiger partial charge in [0, 0.05) is 0 Å². The Kier molecular flexibility index (Phi) is 7.70. The average molecular weight is 202 g/mol. The van der Waals surface area contributed by atoms with Crippen molar-refractivity contribution in [3.8, 4) is 0 Å². The Hall–Kier alpha value is -1.19. The molecule has 0 aromatic carbocycles. The van der Waals surface area contributed by atoms with E-state index in [-0.39, 0.29) is 0 Å². The third-order valence-electron chi connectivity index (χ3n) is 1.43. The topological polar surface area (TPSA) is 44.8 Å². The Bertz CT molecular complexity index is 187. The summed E-state index contributed by atoms with van der Waals surface area (Å²) in [5, 5.41) is 0. The molecule has 0 aromatic rings. The van der Waals surface area contributed by atoms with Gasteiger partial charge in [0.15, 0.2) is 0 Å². The normalized spacial score (nSPS) is 10.9. The molecule has 0 saturated carbocycles. The first kappa shape index (κ1) is 12.8. The largest absolute Gasteiger partial charge is 0.549 e. The molecule has 0 bridgehead atoms. The van der Waals surface area contributed by atoms with Gasteiger partial charge in [0.1, 0.15) is 6.26 Å². The molecule has 0 aliphatic carbocycles. The van der Waals surface area contributed by atoms with Crippen molar-refractivity contribution in [1.29, 1.82) is 0 Å². The van der Waals surface area contributed by atoms with Crippen molar-refractivity contribution in [2.24, 2.45) is 0 Å². The van der Waals surface area contributed by atoms with Crippen LogP contribution in [-0.4, -0.2) is 12.8 Å². The molecule has 0 saturated heterocycles. The summed E-state index contributed by atoms with van der Waals surface area (Å²) in [6, 6.07) is 0. The van der Waals surface area contributed by atoms with Crippen molar-refractivity contribution in [2.45, 2.75) is 40.0 Å². The van der Waals surface area contributed by atoms with E-state index < -0.39 is 6.16 Å². The average Bonchev–Trinajstić information content (AvgIpc) is 2.15. The van der Waals surface area contributed by atoms with Gasteiger partial charge in [-0.25, -0.2) is 4.89 Å². The summed E-state index contributed by atoms with van der Waals surface area (Å²) >= 11 is 0. The number of carbonyl (C=O) groups excluding carboxylic acids is 1. The molecular weight excluding hydrogens is 184 g/mol. The van der Waals surface area contributed by atoms with E-state index in [1.807, 2.05) is 13.8 Å². The fourth-order valence-electron chi connectivity index (χ4n) is 0.808. The summed E-state index contributed by atoms with van der Waals surface area (Å²) in [4.78, 5) is 19.6. The summed E-state index contributed by atoms with van der Waals surface area (Å²) in [6.45, 7) is 6.22. The van der Waals surface area contributed by atoms with Crippen LogP contribution < -0.4 is 0 Å². The molecule has 0 N–H and O–H groups in total. The van der Waals surface area contributed by atoms with E-state index in [4.69, 9.17) is 0 Å². The van der Waals surface area contributed by atoms with E-state index in [2.05, 4.69) is 21.4 Å². The number of hydrogen-bond donors (Lipinski definition) is 0. The van der Waals surface area contributed by atoms with Gasteiger partial charge in [-0.1, -0.05) is 20.3 Å². The molecule has 82 valence electrons. The van der Waals surface area contributed by atoms with E-state index in [0.29, 0.717) is 6.61 Å². The molecule has 0 spiro atoms. The van der Waals surface area contributed by atoms with Gasteiger partial charge in [0.2, 0.25) is 0 Å². The van der Waals surface area contributed by atoms with Crippen molar-refractivity contribution >= 4 is 6.16 Å². The Morgan fingerprint density at radius 2 is 2.00 bits per heavy atom. The number of rotatable bonds is 6. The zero-order valence-electron chi connectivity index (χ0n) is 9.04. The molecule has 0 amide bonds. The van der Waals surface area contributed by atoms with Crippen LogP contribution in [0.4, 0.5) is 4.79 Å². The summed E-state index contributed by atoms with van der Waals surface area (Å²) in [7, 11) is 0. The van der Waals surface area contributed by atoms with E-state index in [1.165, 1.54) is 6.26 Å². The minimum atomic E-state index is -0.799. The fourth-order valence-corrected chi connectivity index (χ4v) is 0.808. The van der Waals surface area contributed by atoms with Crippen LogP contribution >= 0.6 is 0 Å². The first-order valence-corrected chi connectivity index (χ1v) is 4.86. The first-order valence-electron chi connectivity index (χ1n) is 4.86. The summed E-state index contributed by atoms with van der Waals surface area (Å²) in [5.74, 6) is 0. The molecule has 0 rings (SSSR count). The van der Waals surface area contributed by atoms with E-state index in [1.54, 1.807) is 0 Å². The van der Waals surface area contributed by atoms with E-state index in [9.17, 15) is 4.79 Å². The van der Waals surface area contributed by atoms with Gasteiger partial charge in [-0.2, -0.15) is 4.79 Å². The second kappa shape index (κ2) is 8.41. The fraction of sp³-hybridized carbons (Fsp3) is 0.700. The van der Waals surface area contributed by atoms with Crippen LogP contribution in [0.25, 0.3) is 0 Å². The van der Waals surface area contributed by atoms with Crippen LogP contribution in [0.5, 0.6) is 0 Å². The van der Waals surface area contributed by atoms with Gasteiger partial charge >= 0.3 is 6.16 Å². The molecule has 0 atom stereocenters. The minimum absolute atomic E-state index is 0.347. The molecule has 0 radical (unpaired) electrons. The monoisotopic (exact) mass is 202 g/mol. The Morgan fingerprint density at radius 1 is 1.29 bits per heavy atom. The second-order valence-corrected chi connectivity index (χ2v) is 2.99. The highest BCUT2D eigenvalue weighted by Crippen LogP contribution is 2.03. The molecule has 0 aliphatic heterocycles. The SMILES string of the molecule is CCCOC(=O)OOC=C(C)CCC. The maximum absolute atomic E-state index is 10.7. The van der Waals surface area contributed by atoms with Crippen LogP contribution in [0.3, 0.4) is 0 Å². The van der Waals surface area contributed by atoms with Gasteiger partial charge in [0.05, 0.1) is 6.61 Å². The van der Waals surface area contributed by atoms with Crippen molar-refractivity contribution in [1.82, 2.24) is 0 Å². The number of hydrogen-bond acceptors (Lipinski definition) is 4. The molecule has 14 heavy (non-hydrogen) atoms. The molecule has 4 nitrogen and oxygen atoms in total. The predicted octanol–water partition coefficient (Wildman–Crippen LogP) is 3.19. The van der Waals surface area contributed by atoms with Gasteiger partial charge in [-0.3, -0.25) is 4.89 Å². The zero-order valence-corrected chi connectivity index (χ0v) is 9.04. The highest BCUT2D eigenvalue weighted by atomic mass is 17.2. The van der Waals surface area contributed by atoms with Gasteiger partial charge < -0.3 is 4.74 Å². The lowest BCUT2D eigenvalue weighted by atomic mass is 10.2. The number of carbonyl (C=O) groups is 1. The standard InChI is InChI=1S/C10H18O4/c1-4-6-9(3)8-13-14-10(11)12-7-5-2/h8H,4-7H2,1-3H3. The number of ether oxygens (including phenoxy) is 1. The lowest BCUT2D eigenvalue weighted by Crippen LogP contribution is -2.06. The van der Waals surface area contributed by atoms with Gasteiger partial charge in [-0.05, 0) is 25.3 Å². The van der Waals surface area contributed by atoms with Crippen LogP contribution in [0, 0.1) is 0 Å². The maximum atomic E-state index is 10.7. The highest BCUT2D eigenvalue weighted by Gasteiger charge is 2.02. The van der Waals surface area contributed by atoms with Gasteiger partial charge in [-0.15, -0.1) is 0 Å². The zero-order chi connectivity index (χ0) is 10.8. The predicted molar refractivity (Wildman–Crippen MR) is 52.5 cm³/mol. The Morgan fingerprint density at radius 3 is 2.57 bits per heavy atom. The lowest BCUT2D eigenvalue weighted by Gasteiger charge is -2.02. The summed E-state index contributed by atoms with van der Waals surface area (Å²) in [6.07, 6.45) is 3.34. The summed E-state index contributed by atoms with van der Waals surface area (Å²) < 4.78 is 4.62. The smallest absolute Gasteiger partial charge is 0.432 e. The first-order chi connectivity index (χ1) is 6.70. The minimum Gasteiger partial charge on any atom is -0.432 e. The van der Waals surface area contributed by atoms with Crippen molar-refractivity contribution in [3.63, 3.8) is 0 Å². The van der Waals surface area contributed by atoms with Crippen LogP contribution in [0.15, 0.2) is 11.8 Å². The van der Waals surface area contributed by atoms with E-state index >= 15 is 0 Å². The lowest BCUT2D eigenvalue weighted by molar-refractivity contribution is -0.208. The molecule has 0 aliphatic rings. The number of allylic oxidation sites excluding steroid dienone is 1.